The minimum Gasteiger partial charge on any atom is -0.0693 e. The first kappa shape index (κ1) is 46.3. The van der Waals surface area contributed by atoms with Crippen LogP contribution in [0.5, 0.6) is 0 Å². The lowest BCUT2D eigenvalue weighted by atomic mass is 10.1. The number of benzene rings is 2. The van der Waals surface area contributed by atoms with Crippen LogP contribution in [0.1, 0.15) is 69.6 Å². The van der Waals surface area contributed by atoms with E-state index in [1.807, 2.05) is 21.5 Å². The Labute approximate surface area is 323 Å². The number of aryl methyl sites for hydroxylation is 3. The molecule has 0 nitrogen and oxygen atoms in total. The van der Waals surface area contributed by atoms with E-state index >= 15 is 0 Å². The summed E-state index contributed by atoms with van der Waals surface area (Å²) in [6, 6.07) is 15.3. The molecule has 0 aliphatic carbocycles. The first-order chi connectivity index (χ1) is 22.2. The van der Waals surface area contributed by atoms with Crippen LogP contribution in [0.3, 0.4) is 0 Å². The molecule has 2 aromatic carbocycles. The summed E-state index contributed by atoms with van der Waals surface area (Å²) >= 11 is 0. The van der Waals surface area contributed by atoms with Crippen molar-refractivity contribution in [1.82, 2.24) is 0 Å². The second-order valence-corrected chi connectivity index (χ2v) is 67.8. The topological polar surface area (TPSA) is 0 Å². The third kappa shape index (κ3) is 10.1. The average Bonchev–Trinajstić information content (AvgIpc) is 2.83. The zero-order chi connectivity index (χ0) is 39.4. The molecule has 0 aromatic heterocycles. The van der Waals surface area contributed by atoms with Crippen LogP contribution in [0.15, 0.2) is 24.3 Å². The van der Waals surface area contributed by atoms with Gasteiger partial charge in [-0.2, -0.15) is 0 Å². The van der Waals surface area contributed by atoms with Gasteiger partial charge in [-0.15, -0.1) is 0 Å². The standard InChI is InChI=1S/C42H85Si8/c1-25-50(26-2,27-3)43(38-33(5)28-32(4)29-34(38)6)39-36(41(46(13,14)15)47(16,17)18)30-35(40(44(7,8)9)45(10,11)12)31-37(39)42(48(19,20)21)49(22,23)24/h28-31,40-42H,25-27H2,1-24H3. The van der Waals surface area contributed by atoms with E-state index < -0.39 is 64.3 Å². The van der Waals surface area contributed by atoms with E-state index in [1.165, 1.54) is 23.7 Å². The molecule has 0 atom stereocenters. The Morgan fingerprint density at radius 1 is 0.420 bits per heavy atom. The lowest BCUT2D eigenvalue weighted by molar-refractivity contribution is 1.10. The fourth-order valence-electron chi connectivity index (χ4n) is 11.9. The summed E-state index contributed by atoms with van der Waals surface area (Å²) in [5.41, 5.74) is 10.3. The molecule has 0 spiro atoms. The van der Waals surface area contributed by atoms with Gasteiger partial charge in [0.1, 0.15) is 8.31 Å². The average molecular weight is 815 g/mol. The van der Waals surface area contributed by atoms with E-state index in [4.69, 9.17) is 0 Å². The van der Waals surface area contributed by atoms with Gasteiger partial charge < -0.3 is 0 Å². The Morgan fingerprint density at radius 2 is 0.700 bits per heavy atom. The Morgan fingerprint density at radius 3 is 0.940 bits per heavy atom. The summed E-state index contributed by atoms with van der Waals surface area (Å²) in [5, 5.41) is 6.09. The number of hydrogen-bond acceptors (Lipinski definition) is 0. The highest BCUT2D eigenvalue weighted by molar-refractivity contribution is 7.42. The molecule has 50 heavy (non-hydrogen) atoms. The van der Waals surface area contributed by atoms with Crippen LogP contribution in [0, 0.1) is 20.8 Å². The molecule has 0 fully saturated rings. The zero-order valence-electron chi connectivity index (χ0n) is 38.2. The van der Waals surface area contributed by atoms with Crippen molar-refractivity contribution in [3.63, 3.8) is 0 Å². The van der Waals surface area contributed by atoms with Crippen molar-refractivity contribution in [2.24, 2.45) is 0 Å². The fraction of sp³-hybridized carbons (Fsp3) is 0.714. The predicted molar refractivity (Wildman–Crippen MR) is 258 cm³/mol. The van der Waals surface area contributed by atoms with Crippen LogP contribution in [0.2, 0.25) is 136 Å². The SMILES string of the molecule is CC[Si](CC)(CC)[Si](c1c(C)cc(C)cc1C)c1c(C([Si](C)(C)C)[Si](C)(C)C)cc(C([Si](C)(C)C)[Si](C)(C)C)cc1C([Si](C)(C)C)[Si](C)(C)C. The van der Waals surface area contributed by atoms with Gasteiger partial charge in [0.15, 0.2) is 0 Å². The van der Waals surface area contributed by atoms with Crippen molar-refractivity contribution in [3.05, 3.63) is 57.6 Å². The van der Waals surface area contributed by atoms with E-state index in [2.05, 4.69) is 184 Å². The maximum absolute atomic E-state index is 3.00. The van der Waals surface area contributed by atoms with Crippen molar-refractivity contribution in [2.75, 3.05) is 0 Å². The molecule has 0 aliphatic rings. The quantitative estimate of drug-likeness (QED) is 0.157. The molecule has 0 aliphatic heterocycles. The molecule has 2 rings (SSSR count). The van der Waals surface area contributed by atoms with Crippen molar-refractivity contribution >= 4 is 74.7 Å². The molecular formula is C42H85Si8. The number of hydrogen-bond donors (Lipinski definition) is 0. The highest BCUT2D eigenvalue weighted by Crippen LogP contribution is 2.45. The molecule has 0 amide bonds. The molecule has 8 heteroatoms. The maximum Gasteiger partial charge on any atom is 0.114 e. The molecule has 0 saturated carbocycles. The van der Waals surface area contributed by atoms with Crippen molar-refractivity contribution in [3.8, 4) is 0 Å². The van der Waals surface area contributed by atoms with Gasteiger partial charge in [-0.1, -0.05) is 219 Å². The van der Waals surface area contributed by atoms with Gasteiger partial charge in [0.25, 0.3) is 0 Å². The van der Waals surface area contributed by atoms with E-state index in [9.17, 15) is 0 Å². The van der Waals surface area contributed by atoms with Crippen LogP contribution >= 0.6 is 0 Å². The molecule has 285 valence electrons. The number of rotatable bonds is 15. The van der Waals surface area contributed by atoms with Crippen molar-refractivity contribution in [1.29, 1.82) is 0 Å². The molecular weight excluding hydrogens is 729 g/mol. The van der Waals surface area contributed by atoms with Gasteiger partial charge >= 0.3 is 0 Å². The molecule has 2 aromatic rings. The Balaban J connectivity index is 3.74. The van der Waals surface area contributed by atoms with Crippen LogP contribution < -0.4 is 10.4 Å². The predicted octanol–water partition coefficient (Wildman–Crippen LogP) is 13.3. The normalized spacial score (nSPS) is 14.6. The van der Waals surface area contributed by atoms with Gasteiger partial charge in [0.2, 0.25) is 0 Å². The van der Waals surface area contributed by atoms with Gasteiger partial charge in [0, 0.05) is 48.4 Å². The van der Waals surface area contributed by atoms with E-state index in [0.29, 0.717) is 0 Å². The third-order valence-electron chi connectivity index (χ3n) is 12.1. The van der Waals surface area contributed by atoms with Crippen molar-refractivity contribution < 1.29 is 0 Å². The minimum atomic E-state index is -1.74. The summed E-state index contributed by atoms with van der Waals surface area (Å²) in [5.74, 6) is 0. The minimum absolute atomic E-state index is 0.750. The van der Waals surface area contributed by atoms with E-state index in [0.717, 1.165) is 15.5 Å². The zero-order valence-corrected chi connectivity index (χ0v) is 46.2. The molecule has 0 N–H and O–H groups in total. The van der Waals surface area contributed by atoms with E-state index in [-0.39, 0.29) is 0 Å². The largest absolute Gasteiger partial charge is 0.114 e. The smallest absolute Gasteiger partial charge is 0.0693 e. The van der Waals surface area contributed by atoms with Crippen LogP contribution in [-0.2, 0) is 0 Å². The third-order valence-corrected chi connectivity index (χ3v) is 55.4. The Bertz CT molecular complexity index is 1340. The fourth-order valence-corrected chi connectivity index (χ4v) is 64.9. The van der Waals surface area contributed by atoms with Crippen LogP contribution in [0.4, 0.5) is 0 Å². The second kappa shape index (κ2) is 15.7. The summed E-state index contributed by atoms with van der Waals surface area (Å²) in [6.07, 6.45) is 0. The second-order valence-electron chi connectivity index (χ2n) is 23.1. The molecule has 0 heterocycles. The summed E-state index contributed by atoms with van der Waals surface area (Å²) < 4.78 is 0. The van der Waals surface area contributed by atoms with Crippen LogP contribution in [-0.4, -0.2) is 64.3 Å². The molecule has 0 bridgehead atoms. The molecule has 1 radical (unpaired) electrons. The lowest BCUT2D eigenvalue weighted by Gasteiger charge is -2.49. The van der Waals surface area contributed by atoms with Gasteiger partial charge in [-0.3, -0.25) is 0 Å². The van der Waals surface area contributed by atoms with Crippen LogP contribution in [0.25, 0.3) is 0 Å². The molecule has 0 saturated heterocycles. The summed E-state index contributed by atoms with van der Waals surface area (Å²) in [4.78, 5) is 0. The highest BCUT2D eigenvalue weighted by Gasteiger charge is 2.51. The molecule has 0 unspecified atom stereocenters. The Hall–Kier alpha value is 0.175. The van der Waals surface area contributed by atoms with Gasteiger partial charge in [-0.05, 0) is 41.8 Å². The summed E-state index contributed by atoms with van der Waals surface area (Å²) in [7, 11) is -12.4. The van der Waals surface area contributed by atoms with Gasteiger partial charge in [0.05, 0.1) is 7.59 Å². The first-order valence-electron chi connectivity index (χ1n) is 20.3. The van der Waals surface area contributed by atoms with Crippen molar-refractivity contribution in [2.45, 2.75) is 193 Å². The highest BCUT2D eigenvalue weighted by atomic mass is 29.2. The first-order valence-corrected chi connectivity index (χ1v) is 46.9. The van der Waals surface area contributed by atoms with E-state index in [1.54, 1.807) is 16.7 Å². The summed E-state index contributed by atoms with van der Waals surface area (Å²) in [6.45, 7) is 64.3. The Kier molecular flexibility index (Phi) is 14.6. The monoisotopic (exact) mass is 813 g/mol. The van der Waals surface area contributed by atoms with Gasteiger partial charge in [-0.25, -0.2) is 0 Å². The lowest BCUT2D eigenvalue weighted by Crippen LogP contribution is -2.68. The maximum atomic E-state index is 3.00.